The van der Waals surface area contributed by atoms with Gasteiger partial charge in [0.2, 0.25) is 0 Å². The molecule has 1 amide bonds. The molecule has 1 unspecified atom stereocenters. The zero-order chi connectivity index (χ0) is 12.4. The number of hydrogen-bond acceptors (Lipinski definition) is 3. The predicted molar refractivity (Wildman–Crippen MR) is 67.2 cm³/mol. The highest BCUT2D eigenvalue weighted by Crippen LogP contribution is 2.26. The van der Waals surface area contributed by atoms with E-state index < -0.39 is 0 Å². The number of rotatable bonds is 3. The van der Waals surface area contributed by atoms with Gasteiger partial charge in [0.1, 0.15) is 6.61 Å². The summed E-state index contributed by atoms with van der Waals surface area (Å²) < 4.78 is 5.10. The highest BCUT2D eigenvalue weighted by atomic mass is 16.6. The number of aryl methyl sites for hydroxylation is 2. The lowest BCUT2D eigenvalue weighted by Gasteiger charge is -2.21. The van der Waals surface area contributed by atoms with E-state index in [-0.39, 0.29) is 12.1 Å². The lowest BCUT2D eigenvalue weighted by molar-refractivity contribution is 0.178. The van der Waals surface area contributed by atoms with Gasteiger partial charge < -0.3 is 10.5 Å². The summed E-state index contributed by atoms with van der Waals surface area (Å²) in [4.78, 5) is 13.5. The second-order valence-electron chi connectivity index (χ2n) is 4.52. The van der Waals surface area contributed by atoms with Crippen molar-refractivity contribution in [2.24, 2.45) is 5.73 Å². The van der Waals surface area contributed by atoms with Crippen LogP contribution in [0.2, 0.25) is 0 Å². The zero-order valence-electron chi connectivity index (χ0n) is 10.3. The lowest BCUT2D eigenvalue weighted by Crippen LogP contribution is -2.35. The van der Waals surface area contributed by atoms with Crippen LogP contribution in [-0.2, 0) is 4.74 Å². The highest BCUT2D eigenvalue weighted by Gasteiger charge is 2.33. The van der Waals surface area contributed by atoms with Crippen molar-refractivity contribution in [1.82, 2.24) is 0 Å². The second kappa shape index (κ2) is 4.75. The fourth-order valence-electron chi connectivity index (χ4n) is 2.27. The van der Waals surface area contributed by atoms with E-state index in [1.165, 1.54) is 0 Å². The van der Waals surface area contributed by atoms with Crippen LogP contribution in [0.3, 0.4) is 0 Å². The number of nitrogens with zero attached hydrogens (tertiary/aromatic N) is 1. The van der Waals surface area contributed by atoms with Gasteiger partial charge in [-0.25, -0.2) is 4.79 Å². The summed E-state index contributed by atoms with van der Waals surface area (Å²) in [7, 11) is 0. The van der Waals surface area contributed by atoms with E-state index in [1.807, 2.05) is 26.0 Å². The number of carbonyl (C=O) groups excluding carboxylic acids is 1. The first-order chi connectivity index (χ1) is 8.11. The molecule has 0 saturated carbocycles. The van der Waals surface area contributed by atoms with Gasteiger partial charge in [-0.3, -0.25) is 4.90 Å². The van der Waals surface area contributed by atoms with Gasteiger partial charge in [-0.15, -0.1) is 0 Å². The molecule has 1 aromatic rings. The molecule has 0 bridgehead atoms. The first-order valence-electron chi connectivity index (χ1n) is 5.86. The van der Waals surface area contributed by atoms with Crippen molar-refractivity contribution in [3.05, 3.63) is 29.3 Å². The number of ether oxygens (including phenoxy) is 1. The highest BCUT2D eigenvalue weighted by molar-refractivity contribution is 5.90. The Morgan fingerprint density at radius 2 is 2.00 bits per heavy atom. The molecule has 1 fully saturated rings. The number of anilines is 1. The molecule has 92 valence electrons. The SMILES string of the molecule is Cc1cc(C)cc(N2C(=O)OCC2CCN)c1. The molecule has 2 rings (SSSR count). The summed E-state index contributed by atoms with van der Waals surface area (Å²) in [5.41, 5.74) is 8.76. The summed E-state index contributed by atoms with van der Waals surface area (Å²) in [6.45, 7) is 5.04. The number of hydrogen-bond donors (Lipinski definition) is 1. The van der Waals surface area contributed by atoms with Gasteiger partial charge >= 0.3 is 6.09 Å². The van der Waals surface area contributed by atoms with E-state index in [9.17, 15) is 4.79 Å². The molecule has 1 aromatic carbocycles. The average molecular weight is 234 g/mol. The monoisotopic (exact) mass is 234 g/mol. The first-order valence-corrected chi connectivity index (χ1v) is 5.86. The molecule has 0 spiro atoms. The van der Waals surface area contributed by atoms with Gasteiger partial charge in [0.15, 0.2) is 0 Å². The van der Waals surface area contributed by atoms with Crippen LogP contribution < -0.4 is 10.6 Å². The molecule has 0 radical (unpaired) electrons. The topological polar surface area (TPSA) is 55.6 Å². The van der Waals surface area contributed by atoms with Gasteiger partial charge in [0.25, 0.3) is 0 Å². The molecule has 0 aromatic heterocycles. The predicted octanol–water partition coefficient (Wildman–Crippen LogP) is 1.98. The van der Waals surface area contributed by atoms with Crippen LogP contribution in [0.25, 0.3) is 0 Å². The van der Waals surface area contributed by atoms with Crippen molar-refractivity contribution in [1.29, 1.82) is 0 Å². The van der Waals surface area contributed by atoms with Crippen molar-refractivity contribution in [2.45, 2.75) is 26.3 Å². The van der Waals surface area contributed by atoms with Crippen LogP contribution >= 0.6 is 0 Å². The number of benzene rings is 1. The third-order valence-corrected chi connectivity index (χ3v) is 2.95. The van der Waals surface area contributed by atoms with Crippen LogP contribution in [-0.4, -0.2) is 25.3 Å². The Bertz CT molecular complexity index is 411. The standard InChI is InChI=1S/C13H18N2O2/c1-9-5-10(2)7-12(6-9)15-11(3-4-14)8-17-13(15)16/h5-7,11H,3-4,8,14H2,1-2H3. The van der Waals surface area contributed by atoms with Crippen molar-refractivity contribution < 1.29 is 9.53 Å². The Morgan fingerprint density at radius 1 is 1.35 bits per heavy atom. The minimum Gasteiger partial charge on any atom is -0.447 e. The summed E-state index contributed by atoms with van der Waals surface area (Å²) in [5, 5.41) is 0. The minimum absolute atomic E-state index is 0.0636. The summed E-state index contributed by atoms with van der Waals surface area (Å²) in [6.07, 6.45) is 0.493. The smallest absolute Gasteiger partial charge is 0.414 e. The third-order valence-electron chi connectivity index (χ3n) is 2.95. The maximum absolute atomic E-state index is 11.7. The maximum atomic E-state index is 11.7. The number of nitrogens with two attached hydrogens (primary N) is 1. The van der Waals surface area contributed by atoms with Gasteiger partial charge in [0.05, 0.1) is 6.04 Å². The Kier molecular flexibility index (Phi) is 3.33. The Hall–Kier alpha value is -1.55. The van der Waals surface area contributed by atoms with Crippen LogP contribution in [0, 0.1) is 13.8 Å². The average Bonchev–Trinajstić information content (AvgIpc) is 2.59. The fourth-order valence-corrected chi connectivity index (χ4v) is 2.27. The molecular weight excluding hydrogens is 216 g/mol. The largest absolute Gasteiger partial charge is 0.447 e. The van der Waals surface area contributed by atoms with E-state index in [0.717, 1.165) is 23.2 Å². The third kappa shape index (κ3) is 2.42. The number of amides is 1. The molecule has 4 heteroatoms. The van der Waals surface area contributed by atoms with E-state index in [1.54, 1.807) is 4.90 Å². The van der Waals surface area contributed by atoms with Gasteiger partial charge in [-0.05, 0) is 50.1 Å². The molecule has 1 heterocycles. The molecule has 1 atom stereocenters. The first kappa shape index (κ1) is 11.9. The molecular formula is C13H18N2O2. The van der Waals surface area contributed by atoms with Gasteiger partial charge in [-0.1, -0.05) is 6.07 Å². The fraction of sp³-hybridized carbons (Fsp3) is 0.462. The number of carbonyl (C=O) groups is 1. The quantitative estimate of drug-likeness (QED) is 0.870. The van der Waals surface area contributed by atoms with E-state index in [4.69, 9.17) is 10.5 Å². The second-order valence-corrected chi connectivity index (χ2v) is 4.52. The molecule has 2 N–H and O–H groups in total. The van der Waals surface area contributed by atoms with E-state index in [0.29, 0.717) is 13.2 Å². The van der Waals surface area contributed by atoms with Crippen LogP contribution in [0.4, 0.5) is 10.5 Å². The molecule has 4 nitrogen and oxygen atoms in total. The number of cyclic esters (lactones) is 1. The van der Waals surface area contributed by atoms with Crippen LogP contribution in [0.1, 0.15) is 17.5 Å². The molecule has 1 saturated heterocycles. The van der Waals surface area contributed by atoms with E-state index in [2.05, 4.69) is 6.07 Å². The molecule has 0 aliphatic carbocycles. The summed E-state index contributed by atoms with van der Waals surface area (Å²) in [5.74, 6) is 0. The normalized spacial score (nSPS) is 19.6. The van der Waals surface area contributed by atoms with Crippen molar-refractivity contribution in [2.75, 3.05) is 18.1 Å². The molecule has 1 aliphatic rings. The molecule has 1 aliphatic heterocycles. The minimum atomic E-state index is -0.270. The van der Waals surface area contributed by atoms with Gasteiger partial charge in [-0.2, -0.15) is 0 Å². The Balaban J connectivity index is 2.32. The van der Waals surface area contributed by atoms with Crippen molar-refractivity contribution >= 4 is 11.8 Å². The van der Waals surface area contributed by atoms with Gasteiger partial charge in [0, 0.05) is 5.69 Å². The zero-order valence-corrected chi connectivity index (χ0v) is 10.3. The van der Waals surface area contributed by atoms with Crippen LogP contribution in [0.15, 0.2) is 18.2 Å². The lowest BCUT2D eigenvalue weighted by atomic mass is 10.1. The van der Waals surface area contributed by atoms with Crippen LogP contribution in [0.5, 0.6) is 0 Å². The van der Waals surface area contributed by atoms with Crippen molar-refractivity contribution in [3.63, 3.8) is 0 Å². The summed E-state index contributed by atoms with van der Waals surface area (Å²) >= 11 is 0. The maximum Gasteiger partial charge on any atom is 0.414 e. The van der Waals surface area contributed by atoms with Crippen molar-refractivity contribution in [3.8, 4) is 0 Å². The van der Waals surface area contributed by atoms with E-state index >= 15 is 0 Å². The Labute approximate surface area is 101 Å². The summed E-state index contributed by atoms with van der Waals surface area (Å²) in [6, 6.07) is 6.16. The molecule has 17 heavy (non-hydrogen) atoms. The Morgan fingerprint density at radius 3 is 2.59 bits per heavy atom.